The number of anilines is 1. The molecule has 72 valence electrons. The molecule has 0 aliphatic carbocycles. The van der Waals surface area contributed by atoms with Crippen LogP contribution in [0.15, 0.2) is 17.2 Å². The van der Waals surface area contributed by atoms with E-state index in [2.05, 4.69) is 10.3 Å². The zero-order chi connectivity index (χ0) is 10.1. The number of hydrogen-bond acceptors (Lipinski definition) is 4. The van der Waals surface area contributed by atoms with Crippen molar-refractivity contribution >= 4 is 15.8 Å². The predicted octanol–water partition coefficient (Wildman–Crippen LogP) is -0.0902. The molecule has 0 saturated heterocycles. The highest BCUT2D eigenvalue weighted by molar-refractivity contribution is 7.89. The summed E-state index contributed by atoms with van der Waals surface area (Å²) in [6.07, 6.45) is 0.990. The molecular formula is C6H8FN3O2S. The predicted molar refractivity (Wildman–Crippen MR) is 45.1 cm³/mol. The van der Waals surface area contributed by atoms with E-state index in [1.165, 1.54) is 7.05 Å². The smallest absolute Gasteiger partial charge is 0.239 e. The van der Waals surface area contributed by atoms with Crippen molar-refractivity contribution in [1.29, 1.82) is 0 Å². The van der Waals surface area contributed by atoms with Crippen LogP contribution in [-0.2, 0) is 10.0 Å². The van der Waals surface area contributed by atoms with E-state index >= 15 is 0 Å². The lowest BCUT2D eigenvalue weighted by Gasteiger charge is -2.02. The van der Waals surface area contributed by atoms with E-state index in [9.17, 15) is 12.8 Å². The molecule has 0 radical (unpaired) electrons. The second kappa shape index (κ2) is 3.27. The molecule has 0 fully saturated rings. The van der Waals surface area contributed by atoms with Gasteiger partial charge >= 0.3 is 0 Å². The van der Waals surface area contributed by atoms with Crippen molar-refractivity contribution < 1.29 is 12.8 Å². The molecular weight excluding hydrogens is 197 g/mol. The summed E-state index contributed by atoms with van der Waals surface area (Å²) in [6.45, 7) is 0. The first-order valence-corrected chi connectivity index (χ1v) is 4.86. The van der Waals surface area contributed by atoms with Gasteiger partial charge < -0.3 is 5.32 Å². The van der Waals surface area contributed by atoms with Gasteiger partial charge in [0.25, 0.3) is 0 Å². The molecule has 13 heavy (non-hydrogen) atoms. The van der Waals surface area contributed by atoms with Crippen molar-refractivity contribution in [3.05, 3.63) is 18.1 Å². The molecule has 5 nitrogen and oxygen atoms in total. The van der Waals surface area contributed by atoms with Gasteiger partial charge in [0.05, 0.1) is 0 Å². The van der Waals surface area contributed by atoms with Crippen molar-refractivity contribution in [2.45, 2.75) is 4.90 Å². The summed E-state index contributed by atoms with van der Waals surface area (Å²) in [5.74, 6) is -0.776. The first kappa shape index (κ1) is 9.87. The Balaban J connectivity index is 3.26. The second-order valence-corrected chi connectivity index (χ2v) is 3.86. The Kier molecular flexibility index (Phi) is 2.48. The topological polar surface area (TPSA) is 85.1 Å². The van der Waals surface area contributed by atoms with Crippen LogP contribution < -0.4 is 10.5 Å². The monoisotopic (exact) mass is 205 g/mol. The van der Waals surface area contributed by atoms with Crippen LogP contribution in [0.3, 0.4) is 0 Å². The minimum atomic E-state index is -3.88. The standard InChI is InChI=1S/C6H8FN3O2S/c1-9-6-5(7)2-4(3-10-6)13(8,11)12/h2-3H,1H3,(H,9,10)(H2,8,11,12). The van der Waals surface area contributed by atoms with E-state index in [4.69, 9.17) is 5.14 Å². The number of hydrogen-bond donors (Lipinski definition) is 2. The van der Waals surface area contributed by atoms with Gasteiger partial charge in [-0.2, -0.15) is 0 Å². The lowest BCUT2D eigenvalue weighted by molar-refractivity contribution is 0.591. The van der Waals surface area contributed by atoms with E-state index in [-0.39, 0.29) is 10.7 Å². The Hall–Kier alpha value is -1.21. The maximum atomic E-state index is 12.9. The Labute approximate surface area is 74.8 Å². The van der Waals surface area contributed by atoms with Crippen molar-refractivity contribution in [1.82, 2.24) is 4.98 Å². The largest absolute Gasteiger partial charge is 0.371 e. The highest BCUT2D eigenvalue weighted by atomic mass is 32.2. The molecule has 1 heterocycles. The fourth-order valence-electron chi connectivity index (χ4n) is 0.760. The molecule has 3 N–H and O–H groups in total. The van der Waals surface area contributed by atoms with Gasteiger partial charge in [-0.1, -0.05) is 0 Å². The number of nitrogens with two attached hydrogens (primary N) is 1. The van der Waals surface area contributed by atoms with E-state index in [0.29, 0.717) is 0 Å². The molecule has 0 aromatic carbocycles. The van der Waals surface area contributed by atoms with Gasteiger partial charge in [0.2, 0.25) is 10.0 Å². The number of primary sulfonamides is 1. The highest BCUT2D eigenvalue weighted by Gasteiger charge is 2.11. The van der Waals surface area contributed by atoms with Gasteiger partial charge in [-0.3, -0.25) is 0 Å². The van der Waals surface area contributed by atoms with E-state index < -0.39 is 15.8 Å². The molecule has 0 spiro atoms. The van der Waals surface area contributed by atoms with Crippen LogP contribution in [-0.4, -0.2) is 20.4 Å². The van der Waals surface area contributed by atoms with Gasteiger partial charge in [0.1, 0.15) is 4.90 Å². The van der Waals surface area contributed by atoms with Crippen molar-refractivity contribution in [2.75, 3.05) is 12.4 Å². The summed E-state index contributed by atoms with van der Waals surface area (Å²) >= 11 is 0. The van der Waals surface area contributed by atoms with Crippen LogP contribution in [0, 0.1) is 5.82 Å². The Morgan fingerprint density at radius 3 is 2.62 bits per heavy atom. The molecule has 1 aromatic rings. The minimum Gasteiger partial charge on any atom is -0.371 e. The van der Waals surface area contributed by atoms with Gasteiger partial charge in [-0.05, 0) is 6.07 Å². The first-order valence-electron chi connectivity index (χ1n) is 3.31. The van der Waals surface area contributed by atoms with E-state index in [0.717, 1.165) is 12.3 Å². The quantitative estimate of drug-likeness (QED) is 0.706. The number of halogens is 1. The molecule has 0 bridgehead atoms. The van der Waals surface area contributed by atoms with Crippen LogP contribution in [0.1, 0.15) is 0 Å². The van der Waals surface area contributed by atoms with Crippen LogP contribution in [0.4, 0.5) is 10.2 Å². The summed E-state index contributed by atoms with van der Waals surface area (Å²) < 4.78 is 34.4. The molecule has 0 amide bonds. The molecule has 0 saturated carbocycles. The SMILES string of the molecule is CNc1ncc(S(N)(=O)=O)cc1F. The number of rotatable bonds is 2. The fourth-order valence-corrected chi connectivity index (χ4v) is 1.23. The number of aromatic nitrogens is 1. The third-order valence-corrected chi connectivity index (χ3v) is 2.26. The Morgan fingerprint density at radius 1 is 1.62 bits per heavy atom. The van der Waals surface area contributed by atoms with Gasteiger partial charge in [-0.25, -0.2) is 22.9 Å². The minimum absolute atomic E-state index is 0.0209. The lowest BCUT2D eigenvalue weighted by atomic mass is 10.4. The first-order chi connectivity index (χ1) is 5.95. The highest BCUT2D eigenvalue weighted by Crippen LogP contribution is 2.13. The average Bonchev–Trinajstić information content (AvgIpc) is 2.02. The van der Waals surface area contributed by atoms with Crippen LogP contribution in [0.25, 0.3) is 0 Å². The molecule has 0 unspecified atom stereocenters. The fraction of sp³-hybridized carbons (Fsp3) is 0.167. The number of pyridine rings is 1. The molecule has 1 aromatic heterocycles. The third kappa shape index (κ3) is 2.13. The van der Waals surface area contributed by atoms with E-state index in [1.54, 1.807) is 0 Å². The zero-order valence-corrected chi connectivity index (χ0v) is 7.60. The van der Waals surface area contributed by atoms with Gasteiger partial charge in [0.15, 0.2) is 11.6 Å². The molecule has 0 atom stereocenters. The molecule has 0 aliphatic heterocycles. The maximum absolute atomic E-state index is 12.9. The second-order valence-electron chi connectivity index (χ2n) is 2.30. The molecule has 7 heteroatoms. The molecule has 0 aliphatic rings. The van der Waals surface area contributed by atoms with Crippen molar-refractivity contribution in [3.8, 4) is 0 Å². The summed E-state index contributed by atoms with van der Waals surface area (Å²) in [6, 6.07) is 0.814. The number of nitrogens with zero attached hydrogens (tertiary/aromatic N) is 1. The number of nitrogens with one attached hydrogen (secondary N) is 1. The Morgan fingerprint density at radius 2 is 2.23 bits per heavy atom. The van der Waals surface area contributed by atoms with Crippen molar-refractivity contribution in [2.24, 2.45) is 5.14 Å². The van der Waals surface area contributed by atoms with Gasteiger partial charge in [0, 0.05) is 13.2 Å². The van der Waals surface area contributed by atoms with Crippen LogP contribution >= 0.6 is 0 Å². The summed E-state index contributed by atoms with van der Waals surface area (Å²) in [4.78, 5) is 3.17. The van der Waals surface area contributed by atoms with Crippen LogP contribution in [0.5, 0.6) is 0 Å². The normalized spacial score (nSPS) is 11.3. The average molecular weight is 205 g/mol. The third-order valence-electron chi connectivity index (χ3n) is 1.38. The molecule has 1 rings (SSSR count). The lowest BCUT2D eigenvalue weighted by Crippen LogP contribution is -2.13. The summed E-state index contributed by atoms with van der Waals surface area (Å²) in [7, 11) is -2.41. The number of sulfonamides is 1. The van der Waals surface area contributed by atoms with Crippen LogP contribution in [0.2, 0.25) is 0 Å². The van der Waals surface area contributed by atoms with Gasteiger partial charge in [-0.15, -0.1) is 0 Å². The zero-order valence-electron chi connectivity index (χ0n) is 6.78. The maximum Gasteiger partial charge on any atom is 0.239 e. The summed E-state index contributed by atoms with van der Waals surface area (Å²) in [5.41, 5.74) is 0. The van der Waals surface area contributed by atoms with Crippen molar-refractivity contribution in [3.63, 3.8) is 0 Å². The summed E-state index contributed by atoms with van der Waals surface area (Å²) in [5, 5.41) is 7.21. The Bertz CT molecular complexity index is 418. The van der Waals surface area contributed by atoms with E-state index in [1.807, 2.05) is 0 Å².